The average molecular weight is 677 g/mol. The van der Waals surface area contributed by atoms with Gasteiger partial charge in [-0.05, 0) is 29.8 Å². The van der Waals surface area contributed by atoms with Crippen LogP contribution in [0.2, 0.25) is 10.0 Å². The first-order chi connectivity index (χ1) is 19.4. The van der Waals surface area contributed by atoms with E-state index < -0.39 is 86.0 Å². The molecule has 6 nitrogen and oxygen atoms in total. The fourth-order valence-electron chi connectivity index (χ4n) is 3.94. The van der Waals surface area contributed by atoms with Gasteiger partial charge in [0.05, 0.1) is 32.9 Å². The van der Waals surface area contributed by atoms with Crippen LogP contribution in [0.4, 0.5) is 47.8 Å². The molecule has 0 spiro atoms. The van der Waals surface area contributed by atoms with E-state index in [1.807, 2.05) is 0 Å². The quantitative estimate of drug-likeness (QED) is 0.184. The van der Waals surface area contributed by atoms with Crippen molar-refractivity contribution in [3.63, 3.8) is 0 Å². The summed E-state index contributed by atoms with van der Waals surface area (Å²) in [5.74, 6) is -13.4. The zero-order chi connectivity index (χ0) is 31.3. The van der Waals surface area contributed by atoms with Gasteiger partial charge < -0.3 is 16.0 Å². The molecule has 0 aromatic heterocycles. The first kappa shape index (κ1) is 31.7. The van der Waals surface area contributed by atoms with Crippen molar-refractivity contribution >= 4 is 81.2 Å². The molecule has 1 fully saturated rings. The highest BCUT2D eigenvalue weighted by atomic mass is 35.5. The van der Waals surface area contributed by atoms with Crippen LogP contribution in [0.15, 0.2) is 42.5 Å². The van der Waals surface area contributed by atoms with Crippen LogP contribution in [0.1, 0.15) is 21.8 Å². The third-order valence-electron chi connectivity index (χ3n) is 5.99. The SMILES string of the molecule is O=C(Nc1cc(NC(=O)C(F)(F)F)c(F)cc1F)c1cc(NC(=O)[C@H]2[C@H](c3ccc(Cl)c(Cl)c3)C2(Cl)Cl)cc(F)c1F. The summed E-state index contributed by atoms with van der Waals surface area (Å²) in [5.41, 5.74) is -3.26. The maximum atomic E-state index is 14.5. The number of halogens is 11. The third kappa shape index (κ3) is 6.38. The number of hydrogen-bond acceptors (Lipinski definition) is 3. The fraction of sp³-hybridized carbons (Fsp3) is 0.160. The summed E-state index contributed by atoms with van der Waals surface area (Å²) in [6.45, 7) is 0. The van der Waals surface area contributed by atoms with E-state index in [-0.39, 0.29) is 16.1 Å². The molecule has 1 aliphatic carbocycles. The zero-order valence-corrected chi connectivity index (χ0v) is 23.1. The molecule has 0 unspecified atom stereocenters. The number of rotatable bonds is 6. The number of benzene rings is 3. The van der Waals surface area contributed by atoms with Crippen molar-refractivity contribution in [1.29, 1.82) is 0 Å². The molecule has 3 N–H and O–H groups in total. The van der Waals surface area contributed by atoms with Gasteiger partial charge in [-0.15, -0.1) is 23.2 Å². The van der Waals surface area contributed by atoms with Crippen molar-refractivity contribution in [3.8, 4) is 0 Å². The molecule has 4 rings (SSSR count). The Labute approximate surface area is 251 Å². The molecule has 3 aromatic rings. The van der Waals surface area contributed by atoms with Crippen LogP contribution in [-0.4, -0.2) is 28.2 Å². The Kier molecular flexibility index (Phi) is 8.62. The monoisotopic (exact) mass is 675 g/mol. The molecule has 3 amide bonds. The van der Waals surface area contributed by atoms with Gasteiger partial charge in [0, 0.05) is 23.7 Å². The minimum Gasteiger partial charge on any atom is -0.326 e. The van der Waals surface area contributed by atoms with Crippen LogP contribution >= 0.6 is 46.4 Å². The molecule has 1 aliphatic rings. The smallest absolute Gasteiger partial charge is 0.326 e. The minimum absolute atomic E-state index is 0.0413. The largest absolute Gasteiger partial charge is 0.471 e. The summed E-state index contributed by atoms with van der Waals surface area (Å²) in [7, 11) is 0. The van der Waals surface area contributed by atoms with Crippen LogP contribution in [-0.2, 0) is 9.59 Å². The van der Waals surface area contributed by atoms with Gasteiger partial charge in [0.2, 0.25) is 5.91 Å². The molecular formula is C25H12Cl4F7N3O3. The number of amides is 3. The number of alkyl halides is 5. The summed E-state index contributed by atoms with van der Waals surface area (Å²) >= 11 is 24.4. The number of anilines is 3. The summed E-state index contributed by atoms with van der Waals surface area (Å²) in [6.07, 6.45) is -5.43. The number of carbonyl (C=O) groups is 3. The van der Waals surface area contributed by atoms with Gasteiger partial charge in [-0.2, -0.15) is 13.2 Å². The van der Waals surface area contributed by atoms with E-state index in [4.69, 9.17) is 46.4 Å². The second-order valence-corrected chi connectivity index (χ2v) is 11.1. The summed E-state index contributed by atoms with van der Waals surface area (Å²) in [4.78, 5) is 36.7. The van der Waals surface area contributed by atoms with Crippen LogP contribution < -0.4 is 16.0 Å². The maximum absolute atomic E-state index is 14.5. The normalized spacial score (nSPS) is 17.4. The van der Waals surface area contributed by atoms with E-state index in [0.717, 1.165) is 5.32 Å². The van der Waals surface area contributed by atoms with E-state index >= 15 is 0 Å². The standard InChI is InChI=1S/C25H12Cl4F7N3O3/c26-11-2-1-8(3-12(11)27)18-19(24(18,28)29)22(41)37-9-4-10(20(33)15(32)5-9)21(40)38-16-7-17(14(31)6-13(16)30)39-23(42)25(34,35)36/h1-7,18-19H,(H,37,41)(H,38,40)(H,39,42)/t18-,19+/m0/s1. The van der Waals surface area contributed by atoms with Gasteiger partial charge in [-0.1, -0.05) is 29.3 Å². The first-order valence-electron chi connectivity index (χ1n) is 11.2. The van der Waals surface area contributed by atoms with Gasteiger partial charge in [0.15, 0.2) is 11.6 Å². The Balaban J connectivity index is 1.55. The molecule has 0 saturated heterocycles. The second kappa shape index (κ2) is 11.4. The van der Waals surface area contributed by atoms with Crippen molar-refractivity contribution in [2.45, 2.75) is 16.4 Å². The van der Waals surface area contributed by atoms with Gasteiger partial charge >= 0.3 is 12.1 Å². The van der Waals surface area contributed by atoms with Crippen LogP contribution in [0.25, 0.3) is 0 Å². The molecule has 222 valence electrons. The van der Waals surface area contributed by atoms with Gasteiger partial charge in [-0.3, -0.25) is 14.4 Å². The average Bonchev–Trinajstić information content (AvgIpc) is 3.46. The van der Waals surface area contributed by atoms with Crippen molar-refractivity contribution in [3.05, 3.63) is 86.9 Å². The van der Waals surface area contributed by atoms with Crippen molar-refractivity contribution in [1.82, 2.24) is 0 Å². The van der Waals surface area contributed by atoms with E-state index in [2.05, 4.69) is 5.32 Å². The van der Waals surface area contributed by atoms with Crippen LogP contribution in [0, 0.1) is 29.2 Å². The minimum atomic E-state index is -5.43. The van der Waals surface area contributed by atoms with Gasteiger partial charge in [0.1, 0.15) is 16.0 Å². The highest BCUT2D eigenvalue weighted by molar-refractivity contribution is 6.53. The fourth-order valence-corrected chi connectivity index (χ4v) is 5.08. The van der Waals surface area contributed by atoms with E-state index in [9.17, 15) is 45.1 Å². The Morgan fingerprint density at radius 3 is 1.98 bits per heavy atom. The molecular weight excluding hydrogens is 665 g/mol. The molecule has 17 heteroatoms. The maximum Gasteiger partial charge on any atom is 0.471 e. The summed E-state index contributed by atoms with van der Waals surface area (Å²) in [6, 6.07) is 5.94. The van der Waals surface area contributed by atoms with Gasteiger partial charge in [-0.25, -0.2) is 17.6 Å². The Bertz CT molecular complexity index is 1640. The second-order valence-electron chi connectivity index (χ2n) is 8.83. The lowest BCUT2D eigenvalue weighted by atomic mass is 10.1. The Hall–Kier alpha value is -3.26. The number of carbonyl (C=O) groups excluding carboxylic acids is 3. The molecule has 0 bridgehead atoms. The summed E-state index contributed by atoms with van der Waals surface area (Å²) < 4.78 is 93.0. The highest BCUT2D eigenvalue weighted by Gasteiger charge is 2.67. The molecule has 3 aromatic carbocycles. The van der Waals surface area contributed by atoms with E-state index in [1.54, 1.807) is 5.32 Å². The molecule has 0 radical (unpaired) electrons. The van der Waals surface area contributed by atoms with Crippen molar-refractivity contribution in [2.75, 3.05) is 16.0 Å². The molecule has 1 saturated carbocycles. The topological polar surface area (TPSA) is 87.3 Å². The van der Waals surface area contributed by atoms with Crippen molar-refractivity contribution < 1.29 is 45.1 Å². The van der Waals surface area contributed by atoms with Crippen LogP contribution in [0.5, 0.6) is 0 Å². The van der Waals surface area contributed by atoms with Crippen LogP contribution in [0.3, 0.4) is 0 Å². The third-order valence-corrected chi connectivity index (χ3v) is 7.67. The highest BCUT2D eigenvalue weighted by Crippen LogP contribution is 2.65. The zero-order valence-electron chi connectivity index (χ0n) is 20.1. The Morgan fingerprint density at radius 2 is 1.38 bits per heavy atom. The first-order valence-corrected chi connectivity index (χ1v) is 12.7. The lowest BCUT2D eigenvalue weighted by Gasteiger charge is -2.13. The predicted molar refractivity (Wildman–Crippen MR) is 141 cm³/mol. The number of nitrogens with one attached hydrogen (secondary N) is 3. The van der Waals surface area contributed by atoms with E-state index in [0.29, 0.717) is 23.8 Å². The van der Waals surface area contributed by atoms with Crippen molar-refractivity contribution in [2.24, 2.45) is 5.92 Å². The summed E-state index contributed by atoms with van der Waals surface area (Å²) in [5, 5.41) is 5.53. The Morgan fingerprint density at radius 1 is 0.762 bits per heavy atom. The number of hydrogen-bond donors (Lipinski definition) is 3. The molecule has 0 heterocycles. The predicted octanol–water partition coefficient (Wildman–Crippen LogP) is 7.83. The van der Waals surface area contributed by atoms with E-state index in [1.165, 1.54) is 18.2 Å². The lowest BCUT2D eigenvalue weighted by molar-refractivity contribution is -0.167. The lowest BCUT2D eigenvalue weighted by Crippen LogP contribution is -2.30. The molecule has 2 atom stereocenters. The van der Waals surface area contributed by atoms with Gasteiger partial charge in [0.25, 0.3) is 5.91 Å². The molecule has 42 heavy (non-hydrogen) atoms. The molecule has 0 aliphatic heterocycles.